The molecule has 0 heterocycles. The standard InChI is InChI=1S/C53H93O8P/c1-4-6-8-10-12-14-16-18-20-22-24-25-26-27-28-30-31-33-35-37-39-41-43-45-47-52(54)59-49-51(50-60-62(56,57)58-3)61-53(55)48-46-44-42-40-38-36-34-32-29-23-21-19-17-15-13-11-9-7-5-2/h7,9,13,15,19,21,29,32,36,38,42,44,51H,4-6,8,10-12,14,16-18,20,22-28,30-31,33-35,37,39-41,43,45-50H2,1-3H3,(H,56,57)/b9-7-,15-13-,21-19-,32-29-,38-36-,44-42-. The second kappa shape index (κ2) is 48.0. The van der Waals surface area contributed by atoms with Gasteiger partial charge in [-0.1, -0.05) is 234 Å². The first-order valence-electron chi connectivity index (χ1n) is 25.1. The highest BCUT2D eigenvalue weighted by atomic mass is 31.2. The van der Waals surface area contributed by atoms with Crippen molar-refractivity contribution in [2.75, 3.05) is 20.3 Å². The fraction of sp³-hybridized carbons (Fsp3) is 0.736. The Morgan fingerprint density at radius 2 is 0.823 bits per heavy atom. The topological polar surface area (TPSA) is 108 Å². The predicted octanol–water partition coefficient (Wildman–Crippen LogP) is 16.5. The molecular formula is C53H93O8P. The Hall–Kier alpha value is -2.51. The second-order valence-corrected chi connectivity index (χ2v) is 18.1. The van der Waals surface area contributed by atoms with Crippen LogP contribution < -0.4 is 0 Å². The maximum Gasteiger partial charge on any atom is 0.472 e. The number of rotatable bonds is 46. The minimum Gasteiger partial charge on any atom is -0.462 e. The Morgan fingerprint density at radius 3 is 1.19 bits per heavy atom. The van der Waals surface area contributed by atoms with Crippen LogP contribution in [0.15, 0.2) is 72.9 Å². The summed E-state index contributed by atoms with van der Waals surface area (Å²) in [5.41, 5.74) is 0. The Labute approximate surface area is 381 Å². The zero-order valence-corrected chi connectivity index (χ0v) is 40.9. The molecule has 0 saturated carbocycles. The maximum atomic E-state index is 12.5. The molecule has 0 aliphatic heterocycles. The van der Waals surface area contributed by atoms with E-state index in [1.165, 1.54) is 135 Å². The summed E-state index contributed by atoms with van der Waals surface area (Å²) in [4.78, 5) is 34.6. The molecule has 0 rings (SSSR count). The van der Waals surface area contributed by atoms with Crippen molar-refractivity contribution in [2.24, 2.45) is 0 Å². The minimum atomic E-state index is -4.29. The van der Waals surface area contributed by atoms with Crippen LogP contribution in [-0.4, -0.2) is 43.3 Å². The Bertz CT molecular complexity index is 1240. The van der Waals surface area contributed by atoms with Crippen LogP contribution in [0, 0.1) is 0 Å². The third-order valence-electron chi connectivity index (χ3n) is 10.7. The molecule has 2 atom stereocenters. The lowest BCUT2D eigenvalue weighted by molar-refractivity contribution is -0.161. The average Bonchev–Trinajstić information content (AvgIpc) is 3.26. The van der Waals surface area contributed by atoms with Gasteiger partial charge in [-0.15, -0.1) is 0 Å². The number of carbonyl (C=O) groups excluding carboxylic acids is 2. The van der Waals surface area contributed by atoms with Crippen LogP contribution in [0.2, 0.25) is 0 Å². The van der Waals surface area contributed by atoms with Gasteiger partial charge in [0.25, 0.3) is 0 Å². The van der Waals surface area contributed by atoms with Gasteiger partial charge in [0.05, 0.1) is 6.61 Å². The van der Waals surface area contributed by atoms with Crippen molar-refractivity contribution < 1.29 is 37.6 Å². The fourth-order valence-corrected chi connectivity index (χ4v) is 7.38. The Morgan fingerprint density at radius 1 is 0.468 bits per heavy atom. The highest BCUT2D eigenvalue weighted by Gasteiger charge is 2.24. The number of phosphoric acid groups is 1. The van der Waals surface area contributed by atoms with Crippen LogP contribution in [0.5, 0.6) is 0 Å². The molecule has 0 spiro atoms. The first kappa shape index (κ1) is 59.5. The van der Waals surface area contributed by atoms with Crippen molar-refractivity contribution in [3.63, 3.8) is 0 Å². The molecule has 1 N–H and O–H groups in total. The molecule has 0 aromatic carbocycles. The third-order valence-corrected chi connectivity index (χ3v) is 11.7. The third kappa shape index (κ3) is 47.0. The Kier molecular flexibility index (Phi) is 46.0. The molecule has 0 radical (unpaired) electrons. The number of hydrogen-bond acceptors (Lipinski definition) is 7. The van der Waals surface area contributed by atoms with Crippen LogP contribution in [0.3, 0.4) is 0 Å². The van der Waals surface area contributed by atoms with Crippen molar-refractivity contribution in [1.29, 1.82) is 0 Å². The molecule has 0 bridgehead atoms. The van der Waals surface area contributed by atoms with Gasteiger partial charge in [0, 0.05) is 20.0 Å². The molecule has 62 heavy (non-hydrogen) atoms. The van der Waals surface area contributed by atoms with E-state index in [4.69, 9.17) is 14.0 Å². The maximum absolute atomic E-state index is 12.5. The molecule has 9 heteroatoms. The summed E-state index contributed by atoms with van der Waals surface area (Å²) < 4.78 is 32.0. The largest absolute Gasteiger partial charge is 0.472 e. The first-order chi connectivity index (χ1) is 30.3. The van der Waals surface area contributed by atoms with Gasteiger partial charge in [0.1, 0.15) is 6.61 Å². The van der Waals surface area contributed by atoms with Gasteiger partial charge in [-0.05, 0) is 51.4 Å². The smallest absolute Gasteiger partial charge is 0.462 e. The average molecular weight is 889 g/mol. The van der Waals surface area contributed by atoms with Crippen LogP contribution in [-0.2, 0) is 32.7 Å². The molecule has 0 aliphatic carbocycles. The molecule has 0 saturated heterocycles. The van der Waals surface area contributed by atoms with E-state index in [0.29, 0.717) is 6.42 Å². The minimum absolute atomic E-state index is 0.118. The predicted molar refractivity (Wildman–Crippen MR) is 262 cm³/mol. The summed E-state index contributed by atoms with van der Waals surface area (Å²) in [6.45, 7) is 3.74. The van der Waals surface area contributed by atoms with Gasteiger partial charge in [-0.2, -0.15) is 0 Å². The highest BCUT2D eigenvalue weighted by Crippen LogP contribution is 2.42. The number of hydrogen-bond donors (Lipinski definition) is 1. The normalized spacial score (nSPS) is 13.8. The van der Waals surface area contributed by atoms with Crippen molar-refractivity contribution in [3.8, 4) is 0 Å². The molecule has 0 aliphatic rings. The van der Waals surface area contributed by atoms with E-state index in [1.54, 1.807) is 0 Å². The van der Waals surface area contributed by atoms with Crippen molar-refractivity contribution in [3.05, 3.63) is 72.9 Å². The molecule has 0 aromatic heterocycles. The molecule has 0 aromatic rings. The number of unbranched alkanes of at least 4 members (excludes halogenated alkanes) is 23. The van der Waals surface area contributed by atoms with Crippen molar-refractivity contribution in [1.82, 2.24) is 0 Å². The summed E-state index contributed by atoms with van der Waals surface area (Å²) in [5, 5.41) is 0. The lowest BCUT2D eigenvalue weighted by atomic mass is 10.0. The summed E-state index contributed by atoms with van der Waals surface area (Å²) in [5.74, 6) is -0.897. The van der Waals surface area contributed by atoms with E-state index in [2.05, 4.69) is 79.1 Å². The number of esters is 2. The van der Waals surface area contributed by atoms with Gasteiger partial charge < -0.3 is 14.4 Å². The fourth-order valence-electron chi connectivity index (χ4n) is 6.92. The number of carbonyl (C=O) groups is 2. The van der Waals surface area contributed by atoms with Gasteiger partial charge in [0.15, 0.2) is 6.10 Å². The number of ether oxygens (including phenoxy) is 2. The van der Waals surface area contributed by atoms with E-state index in [0.717, 1.165) is 64.9 Å². The number of allylic oxidation sites excluding steroid dienone is 12. The molecular weight excluding hydrogens is 796 g/mol. The van der Waals surface area contributed by atoms with E-state index in [1.807, 2.05) is 12.2 Å². The molecule has 358 valence electrons. The number of phosphoric ester groups is 1. The van der Waals surface area contributed by atoms with Crippen LogP contribution in [0.1, 0.15) is 226 Å². The van der Waals surface area contributed by atoms with Gasteiger partial charge in [-0.3, -0.25) is 18.6 Å². The lowest BCUT2D eigenvalue weighted by Crippen LogP contribution is -2.29. The zero-order chi connectivity index (χ0) is 45.3. The second-order valence-electron chi connectivity index (χ2n) is 16.6. The van der Waals surface area contributed by atoms with Gasteiger partial charge in [0.2, 0.25) is 0 Å². The van der Waals surface area contributed by atoms with E-state index < -0.39 is 26.5 Å². The molecule has 0 amide bonds. The summed E-state index contributed by atoms with van der Waals surface area (Å²) in [6, 6.07) is 0. The molecule has 8 nitrogen and oxygen atoms in total. The van der Waals surface area contributed by atoms with Crippen molar-refractivity contribution in [2.45, 2.75) is 232 Å². The van der Waals surface area contributed by atoms with Gasteiger partial charge >= 0.3 is 19.8 Å². The van der Waals surface area contributed by atoms with E-state index in [-0.39, 0.29) is 25.4 Å². The molecule has 2 unspecified atom stereocenters. The van der Waals surface area contributed by atoms with Crippen LogP contribution >= 0.6 is 7.82 Å². The summed E-state index contributed by atoms with van der Waals surface area (Å²) in [7, 11) is -3.24. The van der Waals surface area contributed by atoms with Crippen LogP contribution in [0.4, 0.5) is 0 Å². The highest BCUT2D eigenvalue weighted by molar-refractivity contribution is 7.47. The molecule has 0 fully saturated rings. The van der Waals surface area contributed by atoms with E-state index >= 15 is 0 Å². The van der Waals surface area contributed by atoms with Gasteiger partial charge in [-0.25, -0.2) is 4.57 Å². The zero-order valence-electron chi connectivity index (χ0n) is 40.0. The van der Waals surface area contributed by atoms with Crippen molar-refractivity contribution >= 4 is 19.8 Å². The summed E-state index contributed by atoms with van der Waals surface area (Å²) >= 11 is 0. The monoisotopic (exact) mass is 889 g/mol. The van der Waals surface area contributed by atoms with E-state index in [9.17, 15) is 19.0 Å². The Balaban J connectivity index is 3.97. The lowest BCUT2D eigenvalue weighted by Gasteiger charge is -2.19. The first-order valence-corrected chi connectivity index (χ1v) is 26.6. The van der Waals surface area contributed by atoms with Crippen LogP contribution in [0.25, 0.3) is 0 Å². The summed E-state index contributed by atoms with van der Waals surface area (Å²) in [6.07, 6.45) is 62.8. The SMILES string of the molecule is CC/C=C\C/C=C\C/C=C\C/C=C\C/C=C\C/C=C\CCC(=O)OC(COC(=O)CCCCCCCCCCCCCCCCCCCCCCCCCC)COP(=O)(O)OC. The quantitative estimate of drug-likeness (QED) is 0.0279.